The van der Waals surface area contributed by atoms with Gasteiger partial charge in [-0.1, -0.05) is 19.1 Å². The number of hydrogen-bond donors (Lipinski definition) is 1. The standard InChI is InChI=1S/C19H16F3NO3/c1-10-16-14(22)7-13(21)8-15(16)23(18(26-2)17(10)19(24)25)9-11-4-3-5-12(20)6-11/h3-8,10H,9H2,1-2H3,(H,24,25). The van der Waals surface area contributed by atoms with E-state index in [0.29, 0.717) is 11.6 Å². The van der Waals surface area contributed by atoms with E-state index in [0.717, 1.165) is 6.07 Å². The Kier molecular flexibility index (Phi) is 4.63. The lowest BCUT2D eigenvalue weighted by molar-refractivity contribution is -0.133. The second-order valence-corrected chi connectivity index (χ2v) is 5.99. The molecule has 1 atom stereocenters. The zero-order valence-corrected chi connectivity index (χ0v) is 14.1. The maximum Gasteiger partial charge on any atom is 0.337 e. The molecule has 136 valence electrons. The summed E-state index contributed by atoms with van der Waals surface area (Å²) in [5, 5.41) is 9.59. The Bertz CT molecular complexity index is 911. The average Bonchev–Trinajstić information content (AvgIpc) is 2.55. The Labute approximate surface area is 148 Å². The highest BCUT2D eigenvalue weighted by Crippen LogP contribution is 2.43. The van der Waals surface area contributed by atoms with Gasteiger partial charge in [0.2, 0.25) is 5.88 Å². The molecule has 4 nitrogen and oxygen atoms in total. The number of rotatable bonds is 4. The van der Waals surface area contributed by atoms with Crippen molar-refractivity contribution >= 4 is 11.7 Å². The number of halogens is 3. The van der Waals surface area contributed by atoms with Crippen molar-refractivity contribution in [2.75, 3.05) is 12.0 Å². The van der Waals surface area contributed by atoms with Crippen molar-refractivity contribution < 1.29 is 27.8 Å². The second-order valence-electron chi connectivity index (χ2n) is 5.99. The molecule has 0 spiro atoms. The van der Waals surface area contributed by atoms with E-state index in [1.807, 2.05) is 0 Å². The van der Waals surface area contributed by atoms with E-state index in [1.54, 1.807) is 6.07 Å². The highest BCUT2D eigenvalue weighted by Gasteiger charge is 2.37. The maximum atomic E-state index is 14.4. The van der Waals surface area contributed by atoms with E-state index in [-0.39, 0.29) is 29.3 Å². The molecule has 0 radical (unpaired) electrons. The van der Waals surface area contributed by atoms with Gasteiger partial charge in [0, 0.05) is 17.5 Å². The minimum atomic E-state index is -1.27. The molecule has 0 saturated heterocycles. The molecule has 2 aromatic carbocycles. The number of carboxylic acid groups (broad SMARTS) is 1. The fourth-order valence-electron chi connectivity index (χ4n) is 3.28. The Balaban J connectivity index is 2.22. The van der Waals surface area contributed by atoms with E-state index in [9.17, 15) is 23.1 Å². The summed E-state index contributed by atoms with van der Waals surface area (Å²) in [6.45, 7) is 1.50. The van der Waals surface area contributed by atoms with E-state index in [2.05, 4.69) is 0 Å². The van der Waals surface area contributed by atoms with Gasteiger partial charge in [0.15, 0.2) is 0 Å². The molecule has 1 N–H and O–H groups in total. The highest BCUT2D eigenvalue weighted by molar-refractivity contribution is 5.92. The van der Waals surface area contributed by atoms with Gasteiger partial charge in [-0.05, 0) is 23.8 Å². The van der Waals surface area contributed by atoms with Crippen molar-refractivity contribution in [2.24, 2.45) is 0 Å². The summed E-state index contributed by atoms with van der Waals surface area (Å²) < 4.78 is 47.1. The molecule has 1 aliphatic rings. The topological polar surface area (TPSA) is 49.8 Å². The van der Waals surface area contributed by atoms with Gasteiger partial charge in [0.05, 0.1) is 19.3 Å². The van der Waals surface area contributed by atoms with Crippen LogP contribution in [0.2, 0.25) is 0 Å². The monoisotopic (exact) mass is 363 g/mol. The van der Waals surface area contributed by atoms with E-state index in [1.165, 1.54) is 37.1 Å². The molecule has 1 heterocycles. The second kappa shape index (κ2) is 6.74. The van der Waals surface area contributed by atoms with Gasteiger partial charge < -0.3 is 14.7 Å². The van der Waals surface area contributed by atoms with Crippen LogP contribution in [0, 0.1) is 17.5 Å². The summed E-state index contributed by atoms with van der Waals surface area (Å²) in [7, 11) is 1.28. The van der Waals surface area contributed by atoms with Crippen LogP contribution in [-0.2, 0) is 16.1 Å². The van der Waals surface area contributed by atoms with Crippen LogP contribution in [0.4, 0.5) is 18.9 Å². The predicted molar refractivity (Wildman–Crippen MR) is 89.0 cm³/mol. The van der Waals surface area contributed by atoms with Crippen LogP contribution in [0.15, 0.2) is 47.9 Å². The van der Waals surface area contributed by atoms with E-state index < -0.39 is 29.3 Å². The number of methoxy groups -OCH3 is 1. The summed E-state index contributed by atoms with van der Waals surface area (Å²) in [5.41, 5.74) is 0.554. The van der Waals surface area contributed by atoms with Crippen LogP contribution < -0.4 is 4.90 Å². The first-order chi connectivity index (χ1) is 12.3. The van der Waals surface area contributed by atoms with Crippen LogP contribution in [0.1, 0.15) is 24.0 Å². The maximum absolute atomic E-state index is 14.4. The third kappa shape index (κ3) is 3.00. The number of nitrogens with zero attached hydrogens (tertiary/aromatic N) is 1. The molecule has 2 aromatic rings. The SMILES string of the molecule is COC1=C(C(=O)O)C(C)c2c(F)cc(F)cc2N1Cc1cccc(F)c1. The zero-order chi connectivity index (χ0) is 19.0. The largest absolute Gasteiger partial charge is 0.482 e. The normalized spacial score (nSPS) is 16.5. The molecule has 1 unspecified atom stereocenters. The lowest BCUT2D eigenvalue weighted by Gasteiger charge is -2.36. The molecule has 1 aliphatic heterocycles. The molecule has 0 saturated carbocycles. The van der Waals surface area contributed by atoms with E-state index >= 15 is 0 Å². The molecular weight excluding hydrogens is 347 g/mol. The fraction of sp³-hybridized carbons (Fsp3) is 0.211. The van der Waals surface area contributed by atoms with Crippen LogP contribution in [0.3, 0.4) is 0 Å². The molecular formula is C19H16F3NO3. The van der Waals surface area contributed by atoms with Crippen molar-refractivity contribution in [2.45, 2.75) is 19.4 Å². The summed E-state index contributed by atoms with van der Waals surface area (Å²) >= 11 is 0. The van der Waals surface area contributed by atoms with Crippen LogP contribution in [-0.4, -0.2) is 18.2 Å². The first kappa shape index (κ1) is 17.8. The lowest BCUT2D eigenvalue weighted by atomic mass is 9.87. The first-order valence-corrected chi connectivity index (χ1v) is 7.85. The summed E-state index contributed by atoms with van der Waals surface area (Å²) in [5.74, 6) is -4.26. The van der Waals surface area contributed by atoms with Crippen LogP contribution in [0.25, 0.3) is 0 Å². The minimum absolute atomic E-state index is 0.0136. The Hall–Kier alpha value is -2.96. The van der Waals surface area contributed by atoms with E-state index in [4.69, 9.17) is 4.74 Å². The summed E-state index contributed by atoms with van der Waals surface area (Å²) in [6, 6.07) is 7.49. The molecule has 0 aliphatic carbocycles. The number of anilines is 1. The minimum Gasteiger partial charge on any atom is -0.482 e. The lowest BCUT2D eigenvalue weighted by Crippen LogP contribution is -2.33. The predicted octanol–water partition coefficient (Wildman–Crippen LogP) is 4.17. The molecule has 0 bridgehead atoms. The third-order valence-electron chi connectivity index (χ3n) is 4.36. The van der Waals surface area contributed by atoms with Gasteiger partial charge in [-0.25, -0.2) is 18.0 Å². The number of ether oxygens (including phenoxy) is 1. The Morgan fingerprint density at radius 1 is 1.19 bits per heavy atom. The van der Waals surface area contributed by atoms with Gasteiger partial charge in [0.25, 0.3) is 0 Å². The van der Waals surface area contributed by atoms with Gasteiger partial charge >= 0.3 is 5.97 Å². The first-order valence-electron chi connectivity index (χ1n) is 7.85. The molecule has 3 rings (SSSR count). The smallest absolute Gasteiger partial charge is 0.337 e. The van der Waals surface area contributed by atoms with Gasteiger partial charge in [0.1, 0.15) is 23.0 Å². The highest BCUT2D eigenvalue weighted by atomic mass is 19.1. The number of carboxylic acids is 1. The number of aliphatic carboxylic acids is 1. The number of benzene rings is 2. The van der Waals surface area contributed by atoms with Gasteiger partial charge in [-0.3, -0.25) is 0 Å². The fourth-order valence-corrected chi connectivity index (χ4v) is 3.28. The molecule has 0 fully saturated rings. The average molecular weight is 363 g/mol. The third-order valence-corrected chi connectivity index (χ3v) is 4.36. The zero-order valence-electron chi connectivity index (χ0n) is 14.1. The van der Waals surface area contributed by atoms with Crippen LogP contribution in [0.5, 0.6) is 0 Å². The molecule has 0 amide bonds. The van der Waals surface area contributed by atoms with Crippen molar-refractivity contribution in [3.8, 4) is 0 Å². The van der Waals surface area contributed by atoms with Crippen LogP contribution >= 0.6 is 0 Å². The number of hydrogen-bond acceptors (Lipinski definition) is 3. The van der Waals surface area contributed by atoms with Gasteiger partial charge in [-0.2, -0.15) is 0 Å². The number of fused-ring (bicyclic) bond motifs is 1. The van der Waals surface area contributed by atoms with Gasteiger partial charge in [-0.15, -0.1) is 0 Å². The number of carbonyl (C=O) groups is 1. The van der Waals surface area contributed by atoms with Crippen molar-refractivity contribution in [3.05, 3.63) is 76.4 Å². The molecule has 0 aromatic heterocycles. The summed E-state index contributed by atoms with van der Waals surface area (Å²) in [6.07, 6.45) is 0. The Morgan fingerprint density at radius 3 is 2.54 bits per heavy atom. The van der Waals surface area contributed by atoms with Crippen molar-refractivity contribution in [3.63, 3.8) is 0 Å². The Morgan fingerprint density at radius 2 is 1.92 bits per heavy atom. The molecule has 26 heavy (non-hydrogen) atoms. The van der Waals surface area contributed by atoms with Crippen molar-refractivity contribution in [1.29, 1.82) is 0 Å². The molecule has 7 heteroatoms. The van der Waals surface area contributed by atoms with Crippen molar-refractivity contribution in [1.82, 2.24) is 0 Å². The summed E-state index contributed by atoms with van der Waals surface area (Å²) in [4.78, 5) is 13.1. The quantitative estimate of drug-likeness (QED) is 0.886.